The molecule has 0 saturated carbocycles. The van der Waals surface area contributed by atoms with Gasteiger partial charge in [-0.05, 0) is 30.0 Å². The molecule has 0 saturated heterocycles. The molecule has 1 aliphatic carbocycles. The van der Waals surface area contributed by atoms with Gasteiger partial charge >= 0.3 is 5.97 Å². The number of aliphatic hydroxyl groups is 1. The van der Waals surface area contributed by atoms with Gasteiger partial charge in [0, 0.05) is 22.5 Å². The number of hydrogen-bond acceptors (Lipinski definition) is 5. The van der Waals surface area contributed by atoms with Crippen LogP contribution in [-0.2, 0) is 13.2 Å². The summed E-state index contributed by atoms with van der Waals surface area (Å²) in [6.07, 6.45) is 8.23. The SMILES string of the molecule is O=C(O)c1cn(CC2=C(Sc3ccccc3CO)C=CCC2)cc(O)c1=O. The lowest BCUT2D eigenvalue weighted by molar-refractivity contribution is 0.0694. The molecule has 0 radical (unpaired) electrons. The van der Waals surface area contributed by atoms with Gasteiger partial charge in [0.2, 0.25) is 5.43 Å². The average Bonchev–Trinajstić information content (AvgIpc) is 2.66. The normalized spacial score (nSPS) is 13.8. The number of benzene rings is 1. The Kier molecular flexibility index (Phi) is 5.83. The van der Waals surface area contributed by atoms with Crippen LogP contribution in [0.1, 0.15) is 28.8 Å². The molecule has 2 aromatic rings. The zero-order valence-corrected chi connectivity index (χ0v) is 15.3. The van der Waals surface area contributed by atoms with Crippen molar-refractivity contribution in [3.05, 3.63) is 80.6 Å². The van der Waals surface area contributed by atoms with Crippen LogP contribution in [0.5, 0.6) is 5.75 Å². The molecule has 140 valence electrons. The number of carboxylic acid groups (broad SMARTS) is 1. The van der Waals surface area contributed by atoms with Gasteiger partial charge in [-0.25, -0.2) is 4.79 Å². The van der Waals surface area contributed by atoms with E-state index in [1.165, 1.54) is 28.7 Å². The molecule has 0 unspecified atom stereocenters. The number of aromatic hydroxyl groups is 1. The summed E-state index contributed by atoms with van der Waals surface area (Å²) in [6, 6.07) is 7.59. The molecule has 0 bridgehead atoms. The van der Waals surface area contributed by atoms with Gasteiger partial charge in [0.15, 0.2) is 5.75 Å². The van der Waals surface area contributed by atoms with Crippen molar-refractivity contribution in [2.75, 3.05) is 0 Å². The van der Waals surface area contributed by atoms with Crippen LogP contribution in [-0.4, -0.2) is 25.9 Å². The van der Waals surface area contributed by atoms with E-state index >= 15 is 0 Å². The Hall–Kier alpha value is -2.77. The minimum absolute atomic E-state index is 0.0505. The van der Waals surface area contributed by atoms with Crippen molar-refractivity contribution in [3.8, 4) is 5.75 Å². The monoisotopic (exact) mass is 385 g/mol. The van der Waals surface area contributed by atoms with E-state index in [-0.39, 0.29) is 6.61 Å². The predicted molar refractivity (Wildman–Crippen MR) is 103 cm³/mol. The molecule has 1 aromatic heterocycles. The highest BCUT2D eigenvalue weighted by Crippen LogP contribution is 2.36. The van der Waals surface area contributed by atoms with Gasteiger partial charge < -0.3 is 19.9 Å². The Morgan fingerprint density at radius 1 is 1.22 bits per heavy atom. The van der Waals surface area contributed by atoms with Crippen LogP contribution in [0.3, 0.4) is 0 Å². The molecule has 0 fully saturated rings. The largest absolute Gasteiger partial charge is 0.503 e. The second kappa shape index (κ2) is 8.28. The van der Waals surface area contributed by atoms with Crippen LogP contribution in [0.15, 0.2) is 69.0 Å². The molecule has 0 spiro atoms. The molecule has 3 N–H and O–H groups in total. The molecule has 27 heavy (non-hydrogen) atoms. The van der Waals surface area contributed by atoms with Crippen molar-refractivity contribution >= 4 is 17.7 Å². The van der Waals surface area contributed by atoms with Crippen LogP contribution in [0.4, 0.5) is 0 Å². The first-order valence-electron chi connectivity index (χ1n) is 8.41. The summed E-state index contributed by atoms with van der Waals surface area (Å²) in [5.74, 6) is -1.95. The molecule has 1 heterocycles. The molecular formula is C20H19NO5S. The van der Waals surface area contributed by atoms with Gasteiger partial charge in [-0.15, -0.1) is 0 Å². The van der Waals surface area contributed by atoms with E-state index in [2.05, 4.69) is 6.08 Å². The minimum Gasteiger partial charge on any atom is -0.503 e. The van der Waals surface area contributed by atoms with Crippen LogP contribution in [0.25, 0.3) is 0 Å². The highest BCUT2D eigenvalue weighted by Gasteiger charge is 2.16. The Balaban J connectivity index is 1.95. The number of aliphatic hydroxyl groups excluding tert-OH is 1. The van der Waals surface area contributed by atoms with Crippen molar-refractivity contribution in [2.45, 2.75) is 30.9 Å². The first-order chi connectivity index (χ1) is 13.0. The van der Waals surface area contributed by atoms with Crippen molar-refractivity contribution < 1.29 is 20.1 Å². The second-order valence-corrected chi connectivity index (χ2v) is 7.22. The van der Waals surface area contributed by atoms with E-state index in [1.807, 2.05) is 30.3 Å². The standard InChI is InChI=1S/C20H19NO5S/c22-12-14-6-2-4-8-18(14)27-17-7-3-1-5-13(17)9-21-10-15(20(25)26)19(24)16(23)11-21/h2-4,6-8,10-11,22-23H,1,5,9,12H2,(H,25,26). The van der Waals surface area contributed by atoms with Crippen LogP contribution < -0.4 is 5.43 Å². The summed E-state index contributed by atoms with van der Waals surface area (Å²) >= 11 is 1.54. The van der Waals surface area contributed by atoms with Crippen molar-refractivity contribution in [1.29, 1.82) is 0 Å². The van der Waals surface area contributed by atoms with E-state index in [1.54, 1.807) is 0 Å². The number of hydrogen-bond donors (Lipinski definition) is 3. The van der Waals surface area contributed by atoms with Crippen LogP contribution in [0, 0.1) is 0 Å². The molecule has 0 aliphatic heterocycles. The van der Waals surface area contributed by atoms with E-state index in [9.17, 15) is 19.8 Å². The summed E-state index contributed by atoms with van der Waals surface area (Å²) in [7, 11) is 0. The average molecular weight is 385 g/mol. The quantitative estimate of drug-likeness (QED) is 0.706. The molecule has 7 heteroatoms. The maximum atomic E-state index is 11.7. The highest BCUT2D eigenvalue weighted by molar-refractivity contribution is 8.03. The molecule has 1 aliphatic rings. The number of carboxylic acids is 1. The van der Waals surface area contributed by atoms with E-state index in [0.29, 0.717) is 6.54 Å². The fourth-order valence-electron chi connectivity index (χ4n) is 2.88. The number of allylic oxidation sites excluding steroid dienone is 3. The summed E-state index contributed by atoms with van der Waals surface area (Å²) in [6.45, 7) is 0.313. The first-order valence-corrected chi connectivity index (χ1v) is 9.22. The third kappa shape index (κ3) is 4.32. The fraction of sp³-hybridized carbons (Fsp3) is 0.200. The number of aromatic carboxylic acids is 1. The zero-order chi connectivity index (χ0) is 19.4. The van der Waals surface area contributed by atoms with Crippen molar-refractivity contribution in [3.63, 3.8) is 0 Å². The predicted octanol–water partition coefficient (Wildman–Crippen LogP) is 3.14. The lowest BCUT2D eigenvalue weighted by atomic mass is 10.0. The zero-order valence-electron chi connectivity index (χ0n) is 14.5. The molecule has 6 nitrogen and oxygen atoms in total. The maximum Gasteiger partial charge on any atom is 0.341 e. The fourth-order valence-corrected chi connectivity index (χ4v) is 4.01. The van der Waals surface area contributed by atoms with Gasteiger partial charge in [-0.3, -0.25) is 4.79 Å². The third-order valence-electron chi connectivity index (χ3n) is 4.26. The molecule has 0 amide bonds. The lowest BCUT2D eigenvalue weighted by Gasteiger charge is -2.18. The van der Waals surface area contributed by atoms with E-state index in [4.69, 9.17) is 5.11 Å². The Labute approximate surface area is 160 Å². The Morgan fingerprint density at radius 3 is 2.74 bits per heavy atom. The topological polar surface area (TPSA) is 99.8 Å². The van der Waals surface area contributed by atoms with Gasteiger partial charge in [-0.1, -0.05) is 42.1 Å². The summed E-state index contributed by atoms with van der Waals surface area (Å²) < 4.78 is 1.52. The Bertz CT molecular complexity index is 990. The summed E-state index contributed by atoms with van der Waals surface area (Å²) in [4.78, 5) is 24.9. The smallest absolute Gasteiger partial charge is 0.341 e. The first kappa shape index (κ1) is 19.0. The van der Waals surface area contributed by atoms with Crippen LogP contribution in [0.2, 0.25) is 0 Å². The lowest BCUT2D eigenvalue weighted by Crippen LogP contribution is -2.18. The van der Waals surface area contributed by atoms with Crippen molar-refractivity contribution in [1.82, 2.24) is 4.57 Å². The second-order valence-electron chi connectivity index (χ2n) is 6.14. The summed E-state index contributed by atoms with van der Waals surface area (Å²) in [5.41, 5.74) is 0.557. The molecule has 0 atom stereocenters. The number of aromatic nitrogens is 1. The van der Waals surface area contributed by atoms with E-state index < -0.39 is 22.7 Å². The van der Waals surface area contributed by atoms with Crippen molar-refractivity contribution in [2.24, 2.45) is 0 Å². The molecular weight excluding hydrogens is 366 g/mol. The van der Waals surface area contributed by atoms with E-state index in [0.717, 1.165) is 33.8 Å². The molecule has 3 rings (SSSR count). The minimum atomic E-state index is -1.37. The maximum absolute atomic E-state index is 11.7. The number of thioether (sulfide) groups is 1. The number of rotatable bonds is 6. The molecule has 1 aromatic carbocycles. The number of pyridine rings is 1. The Morgan fingerprint density at radius 2 is 2.00 bits per heavy atom. The van der Waals surface area contributed by atoms with Gasteiger partial charge in [-0.2, -0.15) is 0 Å². The number of carbonyl (C=O) groups is 1. The number of nitrogens with zero attached hydrogens (tertiary/aromatic N) is 1. The van der Waals surface area contributed by atoms with Gasteiger partial charge in [0.25, 0.3) is 0 Å². The third-order valence-corrected chi connectivity index (χ3v) is 5.52. The van der Waals surface area contributed by atoms with Crippen LogP contribution >= 0.6 is 11.8 Å². The van der Waals surface area contributed by atoms with Gasteiger partial charge in [0.1, 0.15) is 5.56 Å². The highest BCUT2D eigenvalue weighted by atomic mass is 32.2. The summed E-state index contributed by atoms with van der Waals surface area (Å²) in [5, 5.41) is 28.4. The van der Waals surface area contributed by atoms with Gasteiger partial charge in [0.05, 0.1) is 12.8 Å².